The van der Waals surface area contributed by atoms with Crippen LogP contribution in [0.4, 0.5) is 5.82 Å². The lowest BCUT2D eigenvalue weighted by atomic mass is 9.86. The Kier molecular flexibility index (Phi) is 6.23. The standard InChI is InChI=1S/C18H24ClN7O2/c1-18(2,10-26-12-20-11-22-26)14(27)9-16(28)23-13-4-7-25(8-5-13)15-3-6-21-17(19)24-15/h3,6,11-13H,4-5,7-10H2,1-2H3,(H,23,28). The van der Waals surface area contributed by atoms with Gasteiger partial charge in [0.05, 0.1) is 13.0 Å². The summed E-state index contributed by atoms with van der Waals surface area (Å²) in [6, 6.07) is 1.87. The zero-order chi connectivity index (χ0) is 20.1. The molecule has 0 unspecified atom stereocenters. The molecule has 0 atom stereocenters. The van der Waals surface area contributed by atoms with Gasteiger partial charge in [-0.25, -0.2) is 15.0 Å². The maximum Gasteiger partial charge on any atom is 0.227 e. The van der Waals surface area contributed by atoms with Crippen molar-refractivity contribution >= 4 is 29.1 Å². The van der Waals surface area contributed by atoms with E-state index in [1.54, 1.807) is 17.2 Å². The maximum atomic E-state index is 12.6. The van der Waals surface area contributed by atoms with E-state index in [9.17, 15) is 9.59 Å². The van der Waals surface area contributed by atoms with Crippen molar-refractivity contribution in [2.75, 3.05) is 18.0 Å². The Bertz CT molecular complexity index is 817. The van der Waals surface area contributed by atoms with Crippen LogP contribution >= 0.6 is 11.6 Å². The average Bonchev–Trinajstić information content (AvgIpc) is 3.14. The molecular formula is C18H24ClN7O2. The van der Waals surface area contributed by atoms with Gasteiger partial charge in [0, 0.05) is 30.7 Å². The molecule has 1 fully saturated rings. The van der Waals surface area contributed by atoms with Crippen molar-refractivity contribution in [2.45, 2.75) is 45.7 Å². The Balaban J connectivity index is 1.46. The molecule has 2 aromatic rings. The minimum Gasteiger partial charge on any atom is -0.356 e. The van der Waals surface area contributed by atoms with Gasteiger partial charge in [0.25, 0.3) is 0 Å². The van der Waals surface area contributed by atoms with Crippen LogP contribution < -0.4 is 10.2 Å². The fourth-order valence-corrected chi connectivity index (χ4v) is 3.37. The molecule has 2 aromatic heterocycles. The summed E-state index contributed by atoms with van der Waals surface area (Å²) in [7, 11) is 0. The van der Waals surface area contributed by atoms with E-state index in [4.69, 9.17) is 11.6 Å². The number of aromatic nitrogens is 5. The maximum absolute atomic E-state index is 12.6. The van der Waals surface area contributed by atoms with Crippen molar-refractivity contribution in [1.82, 2.24) is 30.0 Å². The Labute approximate surface area is 168 Å². The largest absolute Gasteiger partial charge is 0.356 e. The Hall–Kier alpha value is -2.55. The zero-order valence-electron chi connectivity index (χ0n) is 16.0. The quantitative estimate of drug-likeness (QED) is 0.549. The Morgan fingerprint density at radius 2 is 2.07 bits per heavy atom. The van der Waals surface area contributed by atoms with Gasteiger partial charge in [0.2, 0.25) is 11.2 Å². The summed E-state index contributed by atoms with van der Waals surface area (Å²) < 4.78 is 1.60. The molecule has 9 nitrogen and oxygen atoms in total. The van der Waals surface area contributed by atoms with E-state index in [1.807, 2.05) is 19.9 Å². The highest BCUT2D eigenvalue weighted by Gasteiger charge is 2.31. The number of hydrogen-bond acceptors (Lipinski definition) is 7. The predicted octanol–water partition coefficient (Wildman–Crippen LogP) is 1.49. The van der Waals surface area contributed by atoms with Crippen LogP contribution in [0.5, 0.6) is 0 Å². The van der Waals surface area contributed by atoms with Crippen molar-refractivity contribution in [1.29, 1.82) is 0 Å². The number of nitrogens with one attached hydrogen (secondary N) is 1. The number of rotatable bonds is 7. The molecule has 1 amide bonds. The molecule has 1 aliphatic rings. The van der Waals surface area contributed by atoms with E-state index in [1.165, 1.54) is 6.33 Å². The normalized spacial score (nSPS) is 15.5. The molecule has 0 bridgehead atoms. The summed E-state index contributed by atoms with van der Waals surface area (Å²) in [5.74, 6) is 0.434. The van der Waals surface area contributed by atoms with Gasteiger partial charge in [-0.15, -0.1) is 0 Å². The van der Waals surface area contributed by atoms with Crippen molar-refractivity contribution < 1.29 is 9.59 Å². The van der Waals surface area contributed by atoms with Gasteiger partial charge < -0.3 is 10.2 Å². The lowest BCUT2D eigenvalue weighted by Gasteiger charge is -2.33. The van der Waals surface area contributed by atoms with E-state index in [0.717, 1.165) is 31.7 Å². The first-order valence-electron chi connectivity index (χ1n) is 9.22. The second-order valence-corrected chi connectivity index (χ2v) is 7.93. The fourth-order valence-electron chi connectivity index (χ4n) is 3.23. The van der Waals surface area contributed by atoms with Gasteiger partial charge >= 0.3 is 0 Å². The van der Waals surface area contributed by atoms with Crippen LogP contribution in [0.15, 0.2) is 24.9 Å². The lowest BCUT2D eigenvalue weighted by molar-refractivity contribution is -0.134. The lowest BCUT2D eigenvalue weighted by Crippen LogP contribution is -2.46. The third-order valence-electron chi connectivity index (χ3n) is 4.90. The predicted molar refractivity (Wildman–Crippen MR) is 104 cm³/mol. The molecule has 1 saturated heterocycles. The van der Waals surface area contributed by atoms with E-state index < -0.39 is 5.41 Å². The van der Waals surface area contributed by atoms with Crippen molar-refractivity contribution in [3.63, 3.8) is 0 Å². The number of carbonyl (C=O) groups excluding carboxylic acids is 2. The minimum absolute atomic E-state index is 0.0484. The highest BCUT2D eigenvalue weighted by atomic mass is 35.5. The first-order valence-corrected chi connectivity index (χ1v) is 9.60. The monoisotopic (exact) mass is 405 g/mol. The number of anilines is 1. The van der Waals surface area contributed by atoms with Gasteiger partial charge in [-0.3, -0.25) is 14.3 Å². The number of amides is 1. The van der Waals surface area contributed by atoms with Gasteiger partial charge in [0.15, 0.2) is 0 Å². The summed E-state index contributed by atoms with van der Waals surface area (Å²) in [4.78, 5) is 39.0. The highest BCUT2D eigenvalue weighted by molar-refractivity contribution is 6.28. The molecular weight excluding hydrogens is 382 g/mol. The molecule has 0 aromatic carbocycles. The molecule has 0 saturated carbocycles. The number of carbonyl (C=O) groups is 2. The van der Waals surface area contributed by atoms with E-state index in [2.05, 4.69) is 30.3 Å². The third kappa shape index (κ3) is 5.25. The highest BCUT2D eigenvalue weighted by Crippen LogP contribution is 2.22. The summed E-state index contributed by atoms with van der Waals surface area (Å²) in [6.45, 7) is 5.53. The second-order valence-electron chi connectivity index (χ2n) is 7.59. The Morgan fingerprint density at radius 1 is 1.32 bits per heavy atom. The SMILES string of the molecule is CC(C)(Cn1cncn1)C(=O)CC(=O)NC1CCN(c2ccnc(Cl)n2)CC1. The first kappa shape index (κ1) is 20.2. The number of ketones is 1. The van der Waals surface area contributed by atoms with Crippen molar-refractivity contribution in [3.8, 4) is 0 Å². The number of halogens is 1. The molecule has 1 N–H and O–H groups in total. The van der Waals surface area contributed by atoms with Crippen LogP contribution in [0.1, 0.15) is 33.1 Å². The van der Waals surface area contributed by atoms with E-state index >= 15 is 0 Å². The molecule has 0 radical (unpaired) electrons. The number of piperidine rings is 1. The van der Waals surface area contributed by atoms with Crippen LogP contribution in [0.2, 0.25) is 5.28 Å². The van der Waals surface area contributed by atoms with Crippen molar-refractivity contribution in [2.24, 2.45) is 5.41 Å². The Morgan fingerprint density at radius 3 is 2.71 bits per heavy atom. The fraction of sp³-hybridized carbons (Fsp3) is 0.556. The smallest absolute Gasteiger partial charge is 0.227 e. The number of Topliss-reactive ketones (excluding diaryl/α,β-unsaturated/α-hetero) is 1. The van der Waals surface area contributed by atoms with E-state index in [-0.39, 0.29) is 29.4 Å². The summed E-state index contributed by atoms with van der Waals surface area (Å²) >= 11 is 5.84. The van der Waals surface area contributed by atoms with Crippen LogP contribution in [-0.4, -0.2) is 55.6 Å². The van der Waals surface area contributed by atoms with Crippen molar-refractivity contribution in [3.05, 3.63) is 30.2 Å². The molecule has 3 heterocycles. The first-order chi connectivity index (χ1) is 13.3. The summed E-state index contributed by atoms with van der Waals surface area (Å²) in [6.07, 6.45) is 6.05. The van der Waals surface area contributed by atoms with Crippen LogP contribution in [0.3, 0.4) is 0 Å². The minimum atomic E-state index is -0.694. The summed E-state index contributed by atoms with van der Waals surface area (Å²) in [5.41, 5.74) is -0.694. The summed E-state index contributed by atoms with van der Waals surface area (Å²) in [5, 5.41) is 7.23. The van der Waals surface area contributed by atoms with Crippen LogP contribution in [-0.2, 0) is 16.1 Å². The number of nitrogens with zero attached hydrogens (tertiary/aromatic N) is 6. The van der Waals surface area contributed by atoms with Crippen LogP contribution in [0.25, 0.3) is 0 Å². The van der Waals surface area contributed by atoms with Gasteiger partial charge in [-0.2, -0.15) is 5.10 Å². The van der Waals surface area contributed by atoms with E-state index in [0.29, 0.717) is 6.54 Å². The average molecular weight is 406 g/mol. The van der Waals surface area contributed by atoms with Crippen LogP contribution in [0, 0.1) is 5.41 Å². The molecule has 150 valence electrons. The third-order valence-corrected chi connectivity index (χ3v) is 5.08. The second kappa shape index (κ2) is 8.64. The molecule has 0 aliphatic carbocycles. The van der Waals surface area contributed by atoms with Gasteiger partial charge in [0.1, 0.15) is 24.3 Å². The molecule has 28 heavy (non-hydrogen) atoms. The molecule has 1 aliphatic heterocycles. The van der Waals surface area contributed by atoms with Gasteiger partial charge in [-0.1, -0.05) is 13.8 Å². The number of hydrogen-bond donors (Lipinski definition) is 1. The molecule has 0 spiro atoms. The zero-order valence-corrected chi connectivity index (χ0v) is 16.8. The molecule has 3 rings (SSSR count). The molecule has 10 heteroatoms. The van der Waals surface area contributed by atoms with Gasteiger partial charge in [-0.05, 0) is 30.5 Å². The topological polar surface area (TPSA) is 106 Å².